The van der Waals surface area contributed by atoms with Crippen molar-refractivity contribution in [1.82, 2.24) is 0 Å². The molecule has 0 aliphatic rings. The number of sulfonamides is 1. The van der Waals surface area contributed by atoms with E-state index in [0.29, 0.717) is 11.3 Å². The molecule has 21 heavy (non-hydrogen) atoms. The van der Waals surface area contributed by atoms with E-state index < -0.39 is 10.0 Å². The predicted octanol–water partition coefficient (Wildman–Crippen LogP) is 3.38. The van der Waals surface area contributed by atoms with Crippen LogP contribution < -0.4 is 10.5 Å². The van der Waals surface area contributed by atoms with Crippen LogP contribution in [0, 0.1) is 3.57 Å². The fourth-order valence-corrected chi connectivity index (χ4v) is 3.62. The minimum absolute atomic E-state index is 0.0473. The van der Waals surface area contributed by atoms with Crippen LogP contribution in [0.5, 0.6) is 0 Å². The van der Waals surface area contributed by atoms with Crippen LogP contribution in [0.2, 0.25) is 5.02 Å². The Morgan fingerprint density at radius 2 is 1.81 bits per heavy atom. The second kappa shape index (κ2) is 6.47. The number of anilines is 1. The van der Waals surface area contributed by atoms with Crippen LogP contribution in [0.1, 0.15) is 5.56 Å². The van der Waals surface area contributed by atoms with Crippen molar-refractivity contribution >= 4 is 67.1 Å². The van der Waals surface area contributed by atoms with Gasteiger partial charge in [0.15, 0.2) is 0 Å². The Kier molecular flexibility index (Phi) is 5.07. The highest BCUT2D eigenvalue weighted by atomic mass is 127. The largest absolute Gasteiger partial charge is 0.389 e. The van der Waals surface area contributed by atoms with Crippen molar-refractivity contribution in [2.75, 3.05) is 4.72 Å². The second-order valence-electron chi connectivity index (χ2n) is 4.12. The third-order valence-electron chi connectivity index (χ3n) is 2.61. The summed E-state index contributed by atoms with van der Waals surface area (Å²) in [5, 5.41) is 0.202. The normalized spacial score (nSPS) is 11.1. The molecule has 0 heterocycles. The molecule has 0 saturated heterocycles. The molecule has 8 heteroatoms. The lowest BCUT2D eigenvalue weighted by Gasteiger charge is -2.10. The summed E-state index contributed by atoms with van der Waals surface area (Å²) >= 11 is 13.0. The van der Waals surface area contributed by atoms with E-state index in [1.54, 1.807) is 24.3 Å². The summed E-state index contributed by atoms with van der Waals surface area (Å²) in [6.07, 6.45) is 0. The molecular formula is C13H10ClIN2O2S2. The Morgan fingerprint density at radius 3 is 2.33 bits per heavy atom. The van der Waals surface area contributed by atoms with Crippen LogP contribution >= 0.6 is 46.4 Å². The number of nitrogens with one attached hydrogen (secondary N) is 1. The Bertz CT molecular complexity index is 792. The van der Waals surface area contributed by atoms with Crippen molar-refractivity contribution in [3.05, 3.63) is 56.6 Å². The molecule has 0 aliphatic carbocycles. The molecule has 2 rings (SSSR count). The zero-order valence-corrected chi connectivity index (χ0v) is 15.1. The van der Waals surface area contributed by atoms with Crippen molar-refractivity contribution in [3.63, 3.8) is 0 Å². The number of halogens is 2. The first-order valence-corrected chi connectivity index (χ1v) is 9.02. The summed E-state index contributed by atoms with van der Waals surface area (Å²) in [6.45, 7) is 0. The second-order valence-corrected chi connectivity index (χ2v) is 7.89. The Balaban J connectivity index is 2.33. The smallest absolute Gasteiger partial charge is 0.261 e. The maximum atomic E-state index is 12.3. The van der Waals surface area contributed by atoms with Gasteiger partial charge in [0, 0.05) is 14.8 Å². The third-order valence-corrected chi connectivity index (χ3v) is 5.24. The first-order valence-electron chi connectivity index (χ1n) is 5.67. The van der Waals surface area contributed by atoms with Gasteiger partial charge < -0.3 is 5.73 Å². The van der Waals surface area contributed by atoms with Gasteiger partial charge in [-0.05, 0) is 65.1 Å². The van der Waals surface area contributed by atoms with Gasteiger partial charge in [0.05, 0.1) is 9.92 Å². The van der Waals surface area contributed by atoms with Gasteiger partial charge in [-0.15, -0.1) is 0 Å². The van der Waals surface area contributed by atoms with E-state index in [0.717, 1.165) is 3.57 Å². The van der Waals surface area contributed by atoms with Crippen molar-refractivity contribution in [1.29, 1.82) is 0 Å². The average Bonchev–Trinajstić information content (AvgIpc) is 2.40. The molecule has 3 N–H and O–H groups in total. The third kappa shape index (κ3) is 4.06. The van der Waals surface area contributed by atoms with Crippen molar-refractivity contribution in [2.24, 2.45) is 5.73 Å². The van der Waals surface area contributed by atoms with Gasteiger partial charge in [-0.1, -0.05) is 23.8 Å². The summed E-state index contributed by atoms with van der Waals surface area (Å²) in [7, 11) is -3.71. The first-order chi connectivity index (χ1) is 9.79. The summed E-state index contributed by atoms with van der Waals surface area (Å²) in [4.78, 5) is 0.167. The molecule has 0 bridgehead atoms. The minimum atomic E-state index is -3.71. The van der Waals surface area contributed by atoms with E-state index in [-0.39, 0.29) is 14.9 Å². The highest BCUT2D eigenvalue weighted by Gasteiger charge is 2.16. The average molecular weight is 453 g/mol. The van der Waals surface area contributed by atoms with Crippen LogP contribution in [0.4, 0.5) is 5.69 Å². The number of hydrogen-bond acceptors (Lipinski definition) is 3. The fraction of sp³-hybridized carbons (Fsp3) is 0. The standard InChI is InChI=1S/C13H10ClIN2O2S2/c14-12-7-10(5-6-11(12)13(16)20)21(18,19)17-9-3-1-8(15)2-4-9/h1-7,17H,(H2,16,20). The molecule has 0 amide bonds. The van der Waals surface area contributed by atoms with E-state index in [1.807, 2.05) is 0 Å². The molecule has 0 aliphatic heterocycles. The molecule has 0 unspecified atom stereocenters. The topological polar surface area (TPSA) is 72.2 Å². The molecule has 0 spiro atoms. The lowest BCUT2D eigenvalue weighted by atomic mass is 10.2. The minimum Gasteiger partial charge on any atom is -0.389 e. The zero-order chi connectivity index (χ0) is 15.6. The summed E-state index contributed by atoms with van der Waals surface area (Å²) in [5.41, 5.74) is 6.41. The molecule has 0 radical (unpaired) electrons. The summed E-state index contributed by atoms with van der Waals surface area (Å²) < 4.78 is 28.1. The van der Waals surface area contributed by atoms with Gasteiger partial charge in [0.25, 0.3) is 10.0 Å². The zero-order valence-electron chi connectivity index (χ0n) is 10.5. The highest BCUT2D eigenvalue weighted by Crippen LogP contribution is 2.23. The first kappa shape index (κ1) is 16.5. The number of hydrogen-bond donors (Lipinski definition) is 2. The van der Waals surface area contributed by atoms with Gasteiger partial charge in [-0.25, -0.2) is 8.42 Å². The highest BCUT2D eigenvalue weighted by molar-refractivity contribution is 14.1. The number of benzene rings is 2. The van der Waals surface area contributed by atoms with E-state index in [9.17, 15) is 8.42 Å². The van der Waals surface area contributed by atoms with Gasteiger partial charge >= 0.3 is 0 Å². The Hall–Kier alpha value is -0.900. The quantitative estimate of drug-likeness (QED) is 0.551. The maximum Gasteiger partial charge on any atom is 0.261 e. The van der Waals surface area contributed by atoms with Gasteiger partial charge in [0.1, 0.15) is 4.99 Å². The van der Waals surface area contributed by atoms with Gasteiger partial charge in [-0.3, -0.25) is 4.72 Å². The lowest BCUT2D eigenvalue weighted by molar-refractivity contribution is 0.601. The van der Waals surface area contributed by atoms with Crippen LogP contribution in [0.25, 0.3) is 0 Å². The summed E-state index contributed by atoms with van der Waals surface area (Å²) in [5.74, 6) is 0. The van der Waals surface area contributed by atoms with Crippen molar-refractivity contribution in [2.45, 2.75) is 4.90 Å². The van der Waals surface area contributed by atoms with E-state index in [4.69, 9.17) is 29.6 Å². The van der Waals surface area contributed by atoms with E-state index >= 15 is 0 Å². The summed E-state index contributed by atoms with van der Waals surface area (Å²) in [6, 6.07) is 11.2. The molecule has 0 fully saturated rings. The molecule has 2 aromatic carbocycles. The Labute approximate surface area is 146 Å². The van der Waals surface area contributed by atoms with Crippen LogP contribution in [-0.4, -0.2) is 13.4 Å². The van der Waals surface area contributed by atoms with E-state index in [2.05, 4.69) is 27.3 Å². The van der Waals surface area contributed by atoms with Crippen LogP contribution in [0.3, 0.4) is 0 Å². The van der Waals surface area contributed by atoms with Crippen LogP contribution in [-0.2, 0) is 10.0 Å². The predicted molar refractivity (Wildman–Crippen MR) is 97.3 cm³/mol. The molecule has 4 nitrogen and oxygen atoms in total. The monoisotopic (exact) mass is 452 g/mol. The number of nitrogens with two attached hydrogens (primary N) is 1. The molecule has 110 valence electrons. The van der Waals surface area contributed by atoms with Crippen molar-refractivity contribution in [3.8, 4) is 0 Å². The van der Waals surface area contributed by atoms with Gasteiger partial charge in [0.2, 0.25) is 0 Å². The molecular weight excluding hydrogens is 443 g/mol. The fourth-order valence-electron chi connectivity index (χ4n) is 1.59. The van der Waals surface area contributed by atoms with E-state index in [1.165, 1.54) is 18.2 Å². The van der Waals surface area contributed by atoms with Gasteiger partial charge in [-0.2, -0.15) is 0 Å². The maximum absolute atomic E-state index is 12.3. The number of rotatable bonds is 4. The SMILES string of the molecule is NC(=S)c1ccc(S(=O)(=O)Nc2ccc(I)cc2)cc1Cl. The molecule has 0 atom stereocenters. The lowest BCUT2D eigenvalue weighted by Crippen LogP contribution is -2.14. The molecule has 2 aromatic rings. The van der Waals surface area contributed by atoms with Crippen LogP contribution in [0.15, 0.2) is 47.4 Å². The molecule has 0 aromatic heterocycles. The van der Waals surface area contributed by atoms with Crippen molar-refractivity contribution < 1.29 is 8.42 Å². The Morgan fingerprint density at radius 1 is 1.19 bits per heavy atom. The molecule has 0 saturated carbocycles. The number of thiocarbonyl (C=S) groups is 1.